The first kappa shape index (κ1) is 23.1. The zero-order valence-electron chi connectivity index (χ0n) is 17.5. The summed E-state index contributed by atoms with van der Waals surface area (Å²) in [6.45, 7) is 2.10. The molecule has 1 aromatic carbocycles. The number of ether oxygens (including phenoxy) is 1. The van der Waals surface area contributed by atoms with E-state index in [1.165, 1.54) is 37.5 Å². The SMILES string of the molecule is COc1ccc(Cl)cc1NC(=O)CN(C)C(=O)c1cc(S(=O)(=O)N2CCCC2)c(C)o1. The molecule has 31 heavy (non-hydrogen) atoms. The molecule has 0 bridgehead atoms. The second kappa shape index (κ2) is 9.29. The van der Waals surface area contributed by atoms with Crippen LogP contribution < -0.4 is 10.1 Å². The molecule has 9 nitrogen and oxygen atoms in total. The highest BCUT2D eigenvalue weighted by Crippen LogP contribution is 2.28. The van der Waals surface area contributed by atoms with Crippen molar-refractivity contribution in [1.29, 1.82) is 0 Å². The highest BCUT2D eigenvalue weighted by atomic mass is 35.5. The number of nitrogens with zero attached hydrogens (tertiary/aromatic N) is 2. The molecular formula is C20H24ClN3O6S. The van der Waals surface area contributed by atoms with Crippen molar-refractivity contribution in [3.05, 3.63) is 40.8 Å². The average Bonchev–Trinajstić information content (AvgIpc) is 3.38. The summed E-state index contributed by atoms with van der Waals surface area (Å²) in [7, 11) is -0.840. The van der Waals surface area contributed by atoms with Crippen LogP contribution in [0.5, 0.6) is 5.75 Å². The van der Waals surface area contributed by atoms with Gasteiger partial charge in [-0.1, -0.05) is 11.6 Å². The van der Waals surface area contributed by atoms with E-state index >= 15 is 0 Å². The van der Waals surface area contributed by atoms with Crippen LogP contribution in [0.25, 0.3) is 0 Å². The average molecular weight is 470 g/mol. The smallest absolute Gasteiger partial charge is 0.289 e. The Balaban J connectivity index is 1.70. The Morgan fingerprint density at radius 1 is 1.26 bits per heavy atom. The van der Waals surface area contributed by atoms with Gasteiger partial charge in [-0.15, -0.1) is 0 Å². The van der Waals surface area contributed by atoms with Gasteiger partial charge >= 0.3 is 0 Å². The van der Waals surface area contributed by atoms with Crippen molar-refractivity contribution >= 4 is 39.1 Å². The number of amides is 2. The maximum absolute atomic E-state index is 12.8. The van der Waals surface area contributed by atoms with Gasteiger partial charge in [0.1, 0.15) is 16.4 Å². The van der Waals surface area contributed by atoms with Gasteiger partial charge in [-0.25, -0.2) is 8.42 Å². The lowest BCUT2D eigenvalue weighted by molar-refractivity contribution is -0.116. The van der Waals surface area contributed by atoms with Gasteiger partial charge in [-0.2, -0.15) is 4.31 Å². The van der Waals surface area contributed by atoms with Crippen molar-refractivity contribution in [2.24, 2.45) is 0 Å². The second-order valence-electron chi connectivity index (χ2n) is 7.20. The number of nitrogens with one attached hydrogen (secondary N) is 1. The van der Waals surface area contributed by atoms with E-state index < -0.39 is 21.8 Å². The zero-order chi connectivity index (χ0) is 22.8. The minimum atomic E-state index is -3.72. The summed E-state index contributed by atoms with van der Waals surface area (Å²) < 4.78 is 37.6. The second-order valence-corrected chi connectivity index (χ2v) is 9.54. The number of furan rings is 1. The summed E-state index contributed by atoms with van der Waals surface area (Å²) in [4.78, 5) is 26.2. The van der Waals surface area contributed by atoms with E-state index in [0.717, 1.165) is 17.7 Å². The van der Waals surface area contributed by atoms with Crippen molar-refractivity contribution in [1.82, 2.24) is 9.21 Å². The highest BCUT2D eigenvalue weighted by molar-refractivity contribution is 7.89. The Morgan fingerprint density at radius 2 is 1.94 bits per heavy atom. The molecule has 2 aromatic rings. The van der Waals surface area contributed by atoms with Crippen LogP contribution in [0.4, 0.5) is 5.69 Å². The fourth-order valence-electron chi connectivity index (χ4n) is 3.34. The molecule has 1 aliphatic rings. The number of benzene rings is 1. The number of methoxy groups -OCH3 is 1. The summed E-state index contributed by atoms with van der Waals surface area (Å²) in [5.74, 6) is -0.684. The topological polar surface area (TPSA) is 109 Å². The van der Waals surface area contributed by atoms with E-state index in [0.29, 0.717) is 29.5 Å². The number of carbonyl (C=O) groups excluding carboxylic acids is 2. The molecule has 3 rings (SSSR count). The summed E-state index contributed by atoms with van der Waals surface area (Å²) >= 11 is 5.96. The van der Waals surface area contributed by atoms with Gasteiger partial charge in [0.05, 0.1) is 19.3 Å². The van der Waals surface area contributed by atoms with Gasteiger partial charge in [-0.05, 0) is 38.0 Å². The molecule has 0 atom stereocenters. The van der Waals surface area contributed by atoms with E-state index in [4.69, 9.17) is 20.8 Å². The Bertz CT molecular complexity index is 1090. The van der Waals surface area contributed by atoms with Crippen molar-refractivity contribution in [2.75, 3.05) is 39.1 Å². The minimum absolute atomic E-state index is 0.0285. The van der Waals surface area contributed by atoms with Gasteiger partial charge in [0.25, 0.3) is 5.91 Å². The third kappa shape index (κ3) is 5.03. The molecular weight excluding hydrogens is 446 g/mol. The van der Waals surface area contributed by atoms with E-state index in [9.17, 15) is 18.0 Å². The Hall–Kier alpha value is -2.56. The van der Waals surface area contributed by atoms with Crippen molar-refractivity contribution in [2.45, 2.75) is 24.7 Å². The van der Waals surface area contributed by atoms with E-state index in [2.05, 4.69) is 5.32 Å². The van der Waals surface area contributed by atoms with Crippen molar-refractivity contribution in [3.8, 4) is 5.75 Å². The number of halogens is 1. The summed E-state index contributed by atoms with van der Waals surface area (Å²) in [6, 6.07) is 5.99. The number of likely N-dealkylation sites (N-methyl/N-ethyl adjacent to an activating group) is 1. The van der Waals surface area contributed by atoms with Crippen molar-refractivity contribution in [3.63, 3.8) is 0 Å². The number of rotatable bonds is 7. The van der Waals surface area contributed by atoms with Gasteiger partial charge in [-0.3, -0.25) is 9.59 Å². The number of hydrogen-bond acceptors (Lipinski definition) is 6. The maximum atomic E-state index is 12.8. The van der Waals surface area contributed by atoms with Gasteiger partial charge in [0.15, 0.2) is 5.76 Å². The molecule has 1 N–H and O–H groups in total. The van der Waals surface area contributed by atoms with Crippen LogP contribution in [-0.4, -0.2) is 63.2 Å². The van der Waals surface area contributed by atoms with Crippen LogP contribution in [0.15, 0.2) is 33.6 Å². The quantitative estimate of drug-likeness (QED) is 0.667. The van der Waals surface area contributed by atoms with Gasteiger partial charge in [0, 0.05) is 31.2 Å². The summed E-state index contributed by atoms with van der Waals surface area (Å²) in [5, 5.41) is 3.06. The fourth-order valence-corrected chi connectivity index (χ4v) is 5.19. The third-order valence-corrected chi connectivity index (χ3v) is 7.17. The molecule has 168 valence electrons. The number of hydrogen-bond donors (Lipinski definition) is 1. The van der Waals surface area contributed by atoms with Crippen LogP contribution in [-0.2, 0) is 14.8 Å². The third-order valence-electron chi connectivity index (χ3n) is 4.93. The predicted molar refractivity (Wildman–Crippen MR) is 115 cm³/mol. The molecule has 0 aliphatic carbocycles. The lowest BCUT2D eigenvalue weighted by atomic mass is 10.3. The molecule has 0 unspecified atom stereocenters. The lowest BCUT2D eigenvalue weighted by Gasteiger charge is -2.16. The van der Waals surface area contributed by atoms with Crippen LogP contribution in [0, 0.1) is 6.92 Å². The first-order chi connectivity index (χ1) is 14.6. The molecule has 11 heteroatoms. The van der Waals surface area contributed by atoms with Gasteiger partial charge in [0.2, 0.25) is 15.9 Å². The predicted octanol–water partition coefficient (Wildman–Crippen LogP) is 2.75. The summed E-state index contributed by atoms with van der Waals surface area (Å²) in [5.41, 5.74) is 0.369. The van der Waals surface area contributed by atoms with Crippen LogP contribution in [0.3, 0.4) is 0 Å². The molecule has 2 heterocycles. The normalized spacial score (nSPS) is 14.5. The molecule has 0 spiro atoms. The maximum Gasteiger partial charge on any atom is 0.289 e. The van der Waals surface area contributed by atoms with Crippen molar-refractivity contribution < 1.29 is 27.2 Å². The number of aryl methyl sites for hydroxylation is 1. The molecule has 1 aliphatic heterocycles. The number of sulfonamides is 1. The molecule has 2 amide bonds. The lowest BCUT2D eigenvalue weighted by Crippen LogP contribution is -2.34. The molecule has 1 saturated heterocycles. The zero-order valence-corrected chi connectivity index (χ0v) is 19.0. The van der Waals surface area contributed by atoms with Crippen LogP contribution in [0.2, 0.25) is 5.02 Å². The monoisotopic (exact) mass is 469 g/mol. The standard InChI is InChI=1S/C20H24ClN3O6S/c1-13-18(31(27,28)24-8-4-5-9-24)11-17(30-13)20(26)23(2)12-19(25)22-15-10-14(21)6-7-16(15)29-3/h6-7,10-11H,4-5,8-9,12H2,1-3H3,(H,22,25). The van der Waals surface area contributed by atoms with Crippen LogP contribution >= 0.6 is 11.6 Å². The Kier molecular flexibility index (Phi) is 6.93. The minimum Gasteiger partial charge on any atom is -0.495 e. The first-order valence-electron chi connectivity index (χ1n) is 9.63. The molecule has 0 radical (unpaired) electrons. The summed E-state index contributed by atoms with van der Waals surface area (Å²) in [6.07, 6.45) is 1.61. The first-order valence-corrected chi connectivity index (χ1v) is 11.4. The number of carbonyl (C=O) groups is 2. The number of anilines is 1. The van der Waals surface area contributed by atoms with Gasteiger partial charge < -0.3 is 19.4 Å². The van der Waals surface area contributed by atoms with E-state index in [-0.39, 0.29) is 23.0 Å². The largest absolute Gasteiger partial charge is 0.495 e. The fraction of sp³-hybridized carbons (Fsp3) is 0.400. The Morgan fingerprint density at radius 3 is 2.58 bits per heavy atom. The highest BCUT2D eigenvalue weighted by Gasteiger charge is 2.32. The molecule has 1 fully saturated rings. The van der Waals surface area contributed by atoms with E-state index in [1.54, 1.807) is 12.1 Å². The Labute approximate surface area is 185 Å². The van der Waals surface area contributed by atoms with E-state index in [1.807, 2.05) is 0 Å². The molecule has 0 saturated carbocycles. The molecule has 1 aromatic heterocycles. The van der Waals surface area contributed by atoms with Crippen LogP contribution in [0.1, 0.15) is 29.2 Å².